The lowest BCUT2D eigenvalue weighted by Crippen LogP contribution is -2.50. The van der Waals surface area contributed by atoms with E-state index in [1.165, 1.54) is 18.9 Å². The van der Waals surface area contributed by atoms with Gasteiger partial charge in [-0.05, 0) is 6.07 Å². The highest BCUT2D eigenvalue weighted by Gasteiger charge is 2.56. The van der Waals surface area contributed by atoms with Crippen molar-refractivity contribution in [2.75, 3.05) is 12.9 Å². The van der Waals surface area contributed by atoms with Crippen LogP contribution in [0, 0.1) is 5.41 Å². The van der Waals surface area contributed by atoms with Crippen LogP contribution in [0.5, 0.6) is 11.5 Å². The average molecular weight is 378 g/mol. The molecule has 130 valence electrons. The SMILES string of the molecule is COc1cccc2c1OC(=O)[C@@]1(CC(=O)[O-])CSc3[nH]c(=O)sc3[C@@H]21. The number of thiazole rings is 1. The number of ether oxygens (including phenoxy) is 2. The second kappa shape index (κ2) is 5.63. The van der Waals surface area contributed by atoms with Gasteiger partial charge in [0.25, 0.3) is 0 Å². The van der Waals surface area contributed by atoms with Gasteiger partial charge in [-0.15, -0.1) is 11.8 Å². The van der Waals surface area contributed by atoms with Crippen molar-refractivity contribution in [1.82, 2.24) is 4.98 Å². The van der Waals surface area contributed by atoms with Gasteiger partial charge in [0.15, 0.2) is 11.5 Å². The number of aromatic nitrogens is 1. The highest BCUT2D eigenvalue weighted by atomic mass is 32.2. The van der Waals surface area contributed by atoms with Crippen LogP contribution in [0.15, 0.2) is 28.0 Å². The molecule has 25 heavy (non-hydrogen) atoms. The molecule has 9 heteroatoms. The van der Waals surface area contributed by atoms with E-state index < -0.39 is 29.7 Å². The predicted octanol–water partition coefficient (Wildman–Crippen LogP) is 0.728. The molecule has 3 heterocycles. The van der Waals surface area contributed by atoms with E-state index in [0.717, 1.165) is 11.3 Å². The summed E-state index contributed by atoms with van der Waals surface area (Å²) < 4.78 is 10.8. The summed E-state index contributed by atoms with van der Waals surface area (Å²) >= 11 is 2.24. The summed E-state index contributed by atoms with van der Waals surface area (Å²) in [6.45, 7) is 0. The highest BCUT2D eigenvalue weighted by molar-refractivity contribution is 7.99. The molecule has 2 aliphatic heterocycles. The number of carboxylic acid groups (broad SMARTS) is 1. The molecule has 0 aliphatic carbocycles. The molecule has 2 aromatic rings. The minimum Gasteiger partial charge on any atom is -0.550 e. The first kappa shape index (κ1) is 16.2. The van der Waals surface area contributed by atoms with Gasteiger partial charge >= 0.3 is 10.8 Å². The fourth-order valence-corrected chi connectivity index (χ4v) is 6.03. The van der Waals surface area contributed by atoms with Crippen LogP contribution in [0.3, 0.4) is 0 Å². The average Bonchev–Trinajstić information content (AvgIpc) is 2.94. The Morgan fingerprint density at radius 1 is 1.48 bits per heavy atom. The van der Waals surface area contributed by atoms with Gasteiger partial charge in [0.2, 0.25) is 0 Å². The molecule has 2 aliphatic rings. The molecule has 0 saturated heterocycles. The van der Waals surface area contributed by atoms with E-state index in [4.69, 9.17) is 9.47 Å². The lowest BCUT2D eigenvalue weighted by Gasteiger charge is -2.44. The first-order chi connectivity index (χ1) is 12.0. The first-order valence-electron chi connectivity index (χ1n) is 7.41. The Balaban J connectivity index is 2.01. The molecule has 0 saturated carbocycles. The Morgan fingerprint density at radius 3 is 3.00 bits per heavy atom. The molecule has 0 amide bonds. The lowest BCUT2D eigenvalue weighted by molar-refractivity contribution is -0.308. The van der Waals surface area contributed by atoms with Gasteiger partial charge < -0.3 is 24.4 Å². The molecule has 0 radical (unpaired) electrons. The summed E-state index contributed by atoms with van der Waals surface area (Å²) in [6.07, 6.45) is -0.480. The summed E-state index contributed by atoms with van der Waals surface area (Å²) in [4.78, 5) is 39.3. The number of benzene rings is 1. The van der Waals surface area contributed by atoms with Crippen LogP contribution in [0.4, 0.5) is 0 Å². The van der Waals surface area contributed by atoms with E-state index >= 15 is 0 Å². The highest BCUT2D eigenvalue weighted by Crippen LogP contribution is 2.59. The number of carbonyl (C=O) groups excluding carboxylic acids is 2. The van der Waals surface area contributed by atoms with E-state index in [1.54, 1.807) is 18.2 Å². The number of aromatic amines is 1. The van der Waals surface area contributed by atoms with Crippen LogP contribution in [-0.2, 0) is 9.59 Å². The number of hydrogen-bond acceptors (Lipinski definition) is 8. The number of hydrogen-bond donors (Lipinski definition) is 1. The van der Waals surface area contributed by atoms with E-state index in [1.807, 2.05) is 0 Å². The molecule has 1 aromatic carbocycles. The van der Waals surface area contributed by atoms with Crippen LogP contribution in [0.2, 0.25) is 0 Å². The molecule has 1 N–H and O–H groups in total. The maximum absolute atomic E-state index is 12.9. The number of fused-ring (bicyclic) bond motifs is 5. The van der Waals surface area contributed by atoms with Gasteiger partial charge in [0.05, 0.1) is 17.6 Å². The second-order valence-electron chi connectivity index (χ2n) is 5.90. The van der Waals surface area contributed by atoms with Crippen molar-refractivity contribution in [2.45, 2.75) is 17.4 Å². The molecule has 7 nitrogen and oxygen atoms in total. The molecule has 2 atom stereocenters. The molecular weight excluding hydrogens is 366 g/mol. The van der Waals surface area contributed by atoms with Crippen LogP contribution < -0.4 is 19.5 Å². The monoisotopic (exact) mass is 378 g/mol. The summed E-state index contributed by atoms with van der Waals surface area (Å²) in [5.41, 5.74) is -0.682. The van der Waals surface area contributed by atoms with Crippen molar-refractivity contribution in [3.8, 4) is 11.5 Å². The Kier molecular flexibility index (Phi) is 3.66. The maximum Gasteiger partial charge on any atom is 0.319 e. The van der Waals surface area contributed by atoms with Gasteiger partial charge in [-0.25, -0.2) is 0 Å². The molecular formula is C16H12NO6S2-. The molecule has 0 fully saturated rings. The minimum atomic E-state index is -1.33. The van der Waals surface area contributed by atoms with Gasteiger partial charge in [-0.2, -0.15) is 0 Å². The standard InChI is InChI=1S/C16H13NO6S2/c1-22-8-4-2-3-7-10-12-13(17-15(21)25-12)24-6-16(10,5-9(18)19)14(20)23-11(7)8/h2-4,10H,5-6H2,1H3,(H,17,21)(H,18,19)/p-1/t10-,16+/m1/s1. The largest absolute Gasteiger partial charge is 0.550 e. The summed E-state index contributed by atoms with van der Waals surface area (Å²) in [5.74, 6) is -1.74. The van der Waals surface area contributed by atoms with Crippen molar-refractivity contribution < 1.29 is 24.2 Å². The Bertz CT molecular complexity index is 948. The number of esters is 1. The maximum atomic E-state index is 12.9. The Labute approximate surface area is 150 Å². The quantitative estimate of drug-likeness (QED) is 0.619. The number of carboxylic acids is 1. The minimum absolute atomic E-state index is 0.181. The van der Waals surface area contributed by atoms with Crippen LogP contribution in [-0.4, -0.2) is 29.8 Å². The van der Waals surface area contributed by atoms with Gasteiger partial charge in [-0.1, -0.05) is 23.5 Å². The normalized spacial score (nSPS) is 23.9. The second-order valence-corrected chi connectivity index (χ2v) is 7.90. The third-order valence-corrected chi connectivity index (χ3v) is 6.88. The Hall–Kier alpha value is -2.26. The fourth-order valence-electron chi connectivity index (χ4n) is 3.48. The van der Waals surface area contributed by atoms with Crippen molar-refractivity contribution >= 4 is 35.0 Å². The summed E-state index contributed by atoms with van der Waals surface area (Å²) in [6, 6.07) is 5.18. The first-order valence-corrected chi connectivity index (χ1v) is 9.21. The number of H-pyrrole nitrogens is 1. The zero-order valence-corrected chi connectivity index (χ0v) is 14.6. The zero-order valence-electron chi connectivity index (χ0n) is 13.0. The summed E-state index contributed by atoms with van der Waals surface area (Å²) in [5, 5.41) is 12.1. The zero-order chi connectivity index (χ0) is 17.8. The topological polar surface area (TPSA) is 109 Å². The van der Waals surface area contributed by atoms with E-state index in [-0.39, 0.29) is 16.4 Å². The smallest absolute Gasteiger partial charge is 0.319 e. The van der Waals surface area contributed by atoms with E-state index in [0.29, 0.717) is 21.2 Å². The van der Waals surface area contributed by atoms with Gasteiger partial charge in [0.1, 0.15) is 0 Å². The molecule has 1 aromatic heterocycles. The number of aliphatic carboxylic acids is 1. The van der Waals surface area contributed by atoms with Crippen molar-refractivity contribution in [3.05, 3.63) is 38.3 Å². The summed E-state index contributed by atoms with van der Waals surface area (Å²) in [7, 11) is 1.46. The number of methoxy groups -OCH3 is 1. The number of nitrogens with one attached hydrogen (secondary N) is 1. The van der Waals surface area contributed by atoms with Crippen molar-refractivity contribution in [2.24, 2.45) is 5.41 Å². The third-order valence-electron chi connectivity index (χ3n) is 4.53. The van der Waals surface area contributed by atoms with Crippen molar-refractivity contribution in [1.29, 1.82) is 0 Å². The number of para-hydroxylation sites is 1. The van der Waals surface area contributed by atoms with Crippen LogP contribution in [0.1, 0.15) is 22.8 Å². The van der Waals surface area contributed by atoms with Gasteiger partial charge in [-0.3, -0.25) is 9.59 Å². The number of carbonyl (C=O) groups is 2. The Morgan fingerprint density at radius 2 is 2.28 bits per heavy atom. The van der Waals surface area contributed by atoms with E-state index in [2.05, 4.69) is 4.98 Å². The molecule has 0 spiro atoms. The number of thioether (sulfide) groups is 1. The lowest BCUT2D eigenvalue weighted by atomic mass is 9.68. The van der Waals surface area contributed by atoms with Crippen LogP contribution >= 0.6 is 23.1 Å². The van der Waals surface area contributed by atoms with Gasteiger partial charge in [0, 0.05) is 34.5 Å². The molecule has 0 unspecified atom stereocenters. The fraction of sp³-hybridized carbons (Fsp3) is 0.312. The van der Waals surface area contributed by atoms with E-state index in [9.17, 15) is 19.5 Å². The van der Waals surface area contributed by atoms with Crippen molar-refractivity contribution in [3.63, 3.8) is 0 Å². The van der Waals surface area contributed by atoms with Crippen LogP contribution in [0.25, 0.3) is 0 Å². The molecule has 4 rings (SSSR count). The number of rotatable bonds is 3. The molecule has 0 bridgehead atoms. The predicted molar refractivity (Wildman–Crippen MR) is 88.2 cm³/mol. The third kappa shape index (κ3) is 2.30.